The molecule has 0 fully saturated rings. The van der Waals surface area contributed by atoms with Crippen molar-refractivity contribution in [2.45, 2.75) is 58.3 Å². The lowest BCUT2D eigenvalue weighted by molar-refractivity contribution is 0.305. The molecular weight excluding hydrogens is 412 g/mol. The van der Waals surface area contributed by atoms with E-state index in [4.69, 9.17) is 21.1 Å². The van der Waals surface area contributed by atoms with E-state index in [0.717, 1.165) is 60.1 Å². The number of benzene rings is 2. The van der Waals surface area contributed by atoms with Crippen LogP contribution in [-0.4, -0.2) is 18.5 Å². The van der Waals surface area contributed by atoms with Crippen molar-refractivity contribution in [2.24, 2.45) is 0 Å². The van der Waals surface area contributed by atoms with Crippen LogP contribution in [-0.2, 0) is 0 Å². The molecule has 2 nitrogen and oxygen atoms in total. The fraction of sp³-hybridized carbons (Fsp3) is 0.545. The van der Waals surface area contributed by atoms with E-state index in [1.54, 1.807) is 0 Å². The summed E-state index contributed by atoms with van der Waals surface area (Å²) in [5.41, 5.74) is 0. The van der Waals surface area contributed by atoms with Gasteiger partial charge in [-0.2, -0.15) is 0 Å². The molecule has 0 N–H and O–H groups in total. The van der Waals surface area contributed by atoms with Gasteiger partial charge in [-0.1, -0.05) is 72.6 Å². The highest BCUT2D eigenvalue weighted by Gasteiger charge is 2.08. The molecule has 2 rings (SSSR count). The second kappa shape index (κ2) is 12.5. The highest BCUT2D eigenvalue weighted by Crippen LogP contribution is 2.34. The molecule has 0 radical (unpaired) electrons. The van der Waals surface area contributed by atoms with Crippen molar-refractivity contribution in [1.29, 1.82) is 0 Å². The maximum atomic E-state index is 6.55. The number of rotatable bonds is 13. The lowest BCUT2D eigenvalue weighted by atomic mass is 10.1. The summed E-state index contributed by atoms with van der Waals surface area (Å²) in [6.45, 7) is 3.64. The third-order valence-electron chi connectivity index (χ3n) is 4.44. The summed E-state index contributed by atoms with van der Waals surface area (Å²) in [6, 6.07) is 10.1. The number of unbranched alkanes of at least 4 members (excludes halogenated alkanes) is 6. The molecule has 0 amide bonds. The highest BCUT2D eigenvalue weighted by atomic mass is 79.9. The minimum Gasteiger partial charge on any atom is -0.494 e. The molecule has 0 aliphatic heterocycles. The Kier molecular flexibility index (Phi) is 10.2. The van der Waals surface area contributed by atoms with E-state index in [1.165, 1.54) is 32.1 Å². The van der Waals surface area contributed by atoms with Crippen LogP contribution in [0.15, 0.2) is 30.3 Å². The molecule has 0 aromatic heterocycles. The van der Waals surface area contributed by atoms with Gasteiger partial charge in [-0.25, -0.2) is 0 Å². The summed E-state index contributed by atoms with van der Waals surface area (Å²) < 4.78 is 11.7. The summed E-state index contributed by atoms with van der Waals surface area (Å²) in [6.07, 6.45) is 9.67. The van der Waals surface area contributed by atoms with E-state index < -0.39 is 0 Å². The van der Waals surface area contributed by atoms with Crippen molar-refractivity contribution in [1.82, 2.24) is 0 Å². The fourth-order valence-corrected chi connectivity index (χ4v) is 3.56. The number of alkyl halides is 1. The van der Waals surface area contributed by atoms with Crippen molar-refractivity contribution < 1.29 is 9.47 Å². The van der Waals surface area contributed by atoms with Gasteiger partial charge >= 0.3 is 0 Å². The van der Waals surface area contributed by atoms with E-state index in [-0.39, 0.29) is 0 Å². The summed E-state index contributed by atoms with van der Waals surface area (Å²) in [5.74, 6) is 1.67. The van der Waals surface area contributed by atoms with E-state index in [9.17, 15) is 0 Å². The maximum Gasteiger partial charge on any atom is 0.138 e. The Labute approximate surface area is 171 Å². The van der Waals surface area contributed by atoms with E-state index in [2.05, 4.69) is 28.9 Å². The van der Waals surface area contributed by atoms with E-state index in [0.29, 0.717) is 5.02 Å². The number of fused-ring (bicyclic) bond motifs is 1. The molecule has 0 unspecified atom stereocenters. The Morgan fingerprint density at radius 3 is 2.35 bits per heavy atom. The summed E-state index contributed by atoms with van der Waals surface area (Å²) in [7, 11) is 0. The van der Waals surface area contributed by atoms with Crippen molar-refractivity contribution in [3.63, 3.8) is 0 Å². The number of halogens is 2. The van der Waals surface area contributed by atoms with Crippen LogP contribution >= 0.6 is 27.5 Å². The van der Waals surface area contributed by atoms with Gasteiger partial charge in [0.2, 0.25) is 0 Å². The molecule has 0 heterocycles. The van der Waals surface area contributed by atoms with Gasteiger partial charge in [-0.3, -0.25) is 0 Å². The van der Waals surface area contributed by atoms with E-state index in [1.807, 2.05) is 24.3 Å². The first-order valence-electron chi connectivity index (χ1n) is 9.80. The Hall–Kier alpha value is -0.930. The number of ether oxygens (including phenoxy) is 2. The molecule has 0 atom stereocenters. The monoisotopic (exact) mass is 440 g/mol. The van der Waals surface area contributed by atoms with Crippen LogP contribution in [0.25, 0.3) is 10.8 Å². The van der Waals surface area contributed by atoms with Crippen molar-refractivity contribution in [2.75, 3.05) is 18.5 Å². The zero-order valence-corrected chi connectivity index (χ0v) is 18.1. The first-order chi connectivity index (χ1) is 12.8. The summed E-state index contributed by atoms with van der Waals surface area (Å²) in [5, 5.41) is 3.91. The zero-order valence-electron chi connectivity index (χ0n) is 15.7. The standard InChI is InChI=1S/C22H30BrClO2/c1-2-3-15-25-19-11-12-20-18(17-19)10-13-21(22(20)24)26-16-9-7-5-4-6-8-14-23/h10-13,17H,2-9,14-16H2,1H3. The Bertz CT molecular complexity index is 660. The minimum atomic E-state index is 0.694. The fourth-order valence-electron chi connectivity index (χ4n) is 2.87. The van der Waals surface area contributed by atoms with E-state index >= 15 is 0 Å². The molecule has 4 heteroatoms. The predicted molar refractivity (Wildman–Crippen MR) is 116 cm³/mol. The molecule has 0 saturated heterocycles. The molecule has 0 aliphatic rings. The van der Waals surface area contributed by atoms with Crippen molar-refractivity contribution >= 4 is 38.3 Å². The number of hydrogen-bond donors (Lipinski definition) is 0. The average molecular weight is 442 g/mol. The molecule has 0 aliphatic carbocycles. The first kappa shape index (κ1) is 21.4. The molecule has 144 valence electrons. The molecule has 0 bridgehead atoms. The third-order valence-corrected chi connectivity index (χ3v) is 5.39. The summed E-state index contributed by atoms with van der Waals surface area (Å²) in [4.78, 5) is 0. The minimum absolute atomic E-state index is 0.694. The second-order valence-corrected chi connectivity index (χ2v) is 7.79. The Balaban J connectivity index is 1.83. The van der Waals surface area contributed by atoms with Crippen LogP contribution in [0.3, 0.4) is 0 Å². The van der Waals surface area contributed by atoms with Gasteiger partial charge in [0.1, 0.15) is 11.5 Å². The van der Waals surface area contributed by atoms with Gasteiger partial charge in [0, 0.05) is 10.7 Å². The molecule has 0 spiro atoms. The molecule has 2 aromatic carbocycles. The average Bonchev–Trinajstić information content (AvgIpc) is 2.66. The number of hydrogen-bond acceptors (Lipinski definition) is 2. The predicted octanol–water partition coefficient (Wildman–Crippen LogP) is 7.79. The second-order valence-electron chi connectivity index (χ2n) is 6.62. The van der Waals surface area contributed by atoms with Gasteiger partial charge in [0.15, 0.2) is 0 Å². The summed E-state index contributed by atoms with van der Waals surface area (Å²) >= 11 is 10.0. The highest BCUT2D eigenvalue weighted by molar-refractivity contribution is 9.09. The van der Waals surface area contributed by atoms with Crippen LogP contribution in [0.2, 0.25) is 5.02 Å². The smallest absolute Gasteiger partial charge is 0.138 e. The normalized spacial score (nSPS) is 11.0. The molecule has 0 saturated carbocycles. The van der Waals surface area contributed by atoms with Crippen LogP contribution in [0.5, 0.6) is 11.5 Å². The van der Waals surface area contributed by atoms with Crippen LogP contribution in [0, 0.1) is 0 Å². The van der Waals surface area contributed by atoms with Gasteiger partial charge in [-0.15, -0.1) is 0 Å². The maximum absolute atomic E-state index is 6.55. The Morgan fingerprint density at radius 1 is 0.846 bits per heavy atom. The quantitative estimate of drug-likeness (QED) is 0.233. The SMILES string of the molecule is CCCCOc1ccc2c(Cl)c(OCCCCCCCCBr)ccc2c1. The van der Waals surface area contributed by atoms with Crippen molar-refractivity contribution in [3.05, 3.63) is 35.4 Å². The largest absolute Gasteiger partial charge is 0.494 e. The lowest BCUT2D eigenvalue weighted by Gasteiger charge is -2.11. The van der Waals surface area contributed by atoms with Gasteiger partial charge < -0.3 is 9.47 Å². The van der Waals surface area contributed by atoms with Gasteiger partial charge in [0.05, 0.1) is 18.2 Å². The lowest BCUT2D eigenvalue weighted by Crippen LogP contribution is -1.98. The van der Waals surface area contributed by atoms with Crippen LogP contribution in [0.1, 0.15) is 58.3 Å². The van der Waals surface area contributed by atoms with Gasteiger partial charge in [0.25, 0.3) is 0 Å². The molecule has 2 aromatic rings. The zero-order chi connectivity index (χ0) is 18.6. The Morgan fingerprint density at radius 2 is 1.58 bits per heavy atom. The molecular formula is C22H30BrClO2. The van der Waals surface area contributed by atoms with Gasteiger partial charge in [-0.05, 0) is 48.9 Å². The van der Waals surface area contributed by atoms with Crippen LogP contribution < -0.4 is 9.47 Å². The topological polar surface area (TPSA) is 18.5 Å². The molecule has 26 heavy (non-hydrogen) atoms. The first-order valence-corrected chi connectivity index (χ1v) is 11.3. The van der Waals surface area contributed by atoms with Crippen molar-refractivity contribution in [3.8, 4) is 11.5 Å². The third kappa shape index (κ3) is 7.00. The van der Waals surface area contributed by atoms with Crippen LogP contribution in [0.4, 0.5) is 0 Å².